The Labute approximate surface area is 126 Å². The van der Waals surface area contributed by atoms with Crippen LogP contribution < -0.4 is 10.6 Å². The summed E-state index contributed by atoms with van der Waals surface area (Å²) in [6.07, 6.45) is 1.88. The standard InChI is InChI=1S/C17H36N2O/c1-14(2,3)11-16(7,8)18-13(20)19-17(9,10)12-15(4,5)6/h11-12H2,1-10H3,(H2,18,19,20). The van der Waals surface area contributed by atoms with Gasteiger partial charge in [-0.2, -0.15) is 0 Å². The van der Waals surface area contributed by atoms with E-state index in [9.17, 15) is 4.79 Å². The third kappa shape index (κ3) is 10.1. The van der Waals surface area contributed by atoms with Crippen LogP contribution in [0, 0.1) is 10.8 Å². The van der Waals surface area contributed by atoms with E-state index in [0.29, 0.717) is 0 Å². The molecule has 0 aromatic rings. The Bertz CT molecular complexity index is 298. The van der Waals surface area contributed by atoms with Gasteiger partial charge in [0, 0.05) is 11.1 Å². The molecule has 20 heavy (non-hydrogen) atoms. The Balaban J connectivity index is 4.56. The van der Waals surface area contributed by atoms with Crippen LogP contribution in [0.5, 0.6) is 0 Å². The average molecular weight is 284 g/mol. The van der Waals surface area contributed by atoms with Crippen LogP contribution >= 0.6 is 0 Å². The van der Waals surface area contributed by atoms with E-state index in [1.54, 1.807) is 0 Å². The summed E-state index contributed by atoms with van der Waals surface area (Å²) in [7, 11) is 0. The lowest BCUT2D eigenvalue weighted by molar-refractivity contribution is 0.190. The first-order valence-corrected chi connectivity index (χ1v) is 7.62. The minimum absolute atomic E-state index is 0.0755. The van der Waals surface area contributed by atoms with E-state index >= 15 is 0 Å². The summed E-state index contributed by atoms with van der Waals surface area (Å²) in [5, 5.41) is 6.21. The average Bonchev–Trinajstić information content (AvgIpc) is 1.86. The minimum Gasteiger partial charge on any atom is -0.333 e. The van der Waals surface area contributed by atoms with Gasteiger partial charge < -0.3 is 10.6 Å². The second-order valence-corrected chi connectivity index (χ2v) is 9.82. The first kappa shape index (κ1) is 19.3. The Morgan fingerprint density at radius 3 is 1.10 bits per heavy atom. The first-order chi connectivity index (χ1) is 8.52. The Kier molecular flexibility index (Phi) is 5.73. The zero-order chi connectivity index (χ0) is 16.4. The van der Waals surface area contributed by atoms with Gasteiger partial charge in [0.1, 0.15) is 0 Å². The predicted molar refractivity (Wildman–Crippen MR) is 88.0 cm³/mol. The number of nitrogens with one attached hydrogen (secondary N) is 2. The summed E-state index contributed by atoms with van der Waals surface area (Å²) in [6.45, 7) is 21.5. The highest BCUT2D eigenvalue weighted by Crippen LogP contribution is 2.28. The van der Waals surface area contributed by atoms with E-state index in [1.807, 2.05) is 0 Å². The Morgan fingerprint density at radius 2 is 0.900 bits per heavy atom. The fraction of sp³-hybridized carbons (Fsp3) is 0.941. The fourth-order valence-electron chi connectivity index (χ4n) is 3.39. The van der Waals surface area contributed by atoms with Crippen molar-refractivity contribution in [2.24, 2.45) is 10.8 Å². The second kappa shape index (κ2) is 5.95. The van der Waals surface area contributed by atoms with Crippen LogP contribution in [-0.2, 0) is 0 Å². The molecule has 0 unspecified atom stereocenters. The van der Waals surface area contributed by atoms with Gasteiger partial charge in [0.25, 0.3) is 0 Å². The van der Waals surface area contributed by atoms with Crippen molar-refractivity contribution >= 4 is 6.03 Å². The van der Waals surface area contributed by atoms with Gasteiger partial charge in [0.05, 0.1) is 0 Å². The fourth-order valence-corrected chi connectivity index (χ4v) is 3.39. The summed E-state index contributed by atoms with van der Waals surface area (Å²) in [5.74, 6) is 0. The lowest BCUT2D eigenvalue weighted by Gasteiger charge is -2.37. The molecule has 0 aliphatic heterocycles. The molecule has 2 amide bonds. The molecule has 0 bridgehead atoms. The van der Waals surface area contributed by atoms with Crippen molar-refractivity contribution in [2.75, 3.05) is 0 Å². The highest BCUT2D eigenvalue weighted by molar-refractivity contribution is 5.75. The molecule has 3 nitrogen and oxygen atoms in total. The van der Waals surface area contributed by atoms with E-state index in [0.717, 1.165) is 12.8 Å². The van der Waals surface area contributed by atoms with Crippen LogP contribution in [0.1, 0.15) is 82.1 Å². The Morgan fingerprint density at radius 1 is 0.650 bits per heavy atom. The molecule has 0 heterocycles. The third-order valence-electron chi connectivity index (χ3n) is 2.85. The van der Waals surface area contributed by atoms with Gasteiger partial charge in [-0.3, -0.25) is 0 Å². The molecule has 0 aromatic heterocycles. The van der Waals surface area contributed by atoms with Crippen LogP contribution in [0.25, 0.3) is 0 Å². The number of amides is 2. The van der Waals surface area contributed by atoms with Crippen molar-refractivity contribution in [3.05, 3.63) is 0 Å². The summed E-state index contributed by atoms with van der Waals surface area (Å²) in [4.78, 5) is 12.2. The van der Waals surface area contributed by atoms with Gasteiger partial charge in [-0.15, -0.1) is 0 Å². The van der Waals surface area contributed by atoms with Gasteiger partial charge in [-0.05, 0) is 51.4 Å². The van der Waals surface area contributed by atoms with Gasteiger partial charge in [0.2, 0.25) is 0 Å². The lowest BCUT2D eigenvalue weighted by Crippen LogP contribution is -2.55. The molecule has 0 saturated heterocycles. The monoisotopic (exact) mass is 284 g/mol. The van der Waals surface area contributed by atoms with Crippen molar-refractivity contribution in [2.45, 2.75) is 93.2 Å². The zero-order valence-electron chi connectivity index (χ0n) is 15.3. The van der Waals surface area contributed by atoms with Crippen molar-refractivity contribution in [3.8, 4) is 0 Å². The predicted octanol–water partition coefficient (Wildman–Crippen LogP) is 4.72. The molecule has 3 heteroatoms. The maximum absolute atomic E-state index is 12.2. The van der Waals surface area contributed by atoms with E-state index in [4.69, 9.17) is 0 Å². The number of rotatable bonds is 4. The zero-order valence-corrected chi connectivity index (χ0v) is 15.3. The highest BCUT2D eigenvalue weighted by Gasteiger charge is 2.30. The van der Waals surface area contributed by atoms with Crippen molar-refractivity contribution < 1.29 is 4.79 Å². The van der Waals surface area contributed by atoms with Gasteiger partial charge in [-0.1, -0.05) is 41.5 Å². The van der Waals surface area contributed by atoms with Crippen LogP contribution in [0.2, 0.25) is 0 Å². The summed E-state index contributed by atoms with van der Waals surface area (Å²) in [6, 6.07) is -0.0755. The van der Waals surface area contributed by atoms with E-state index in [-0.39, 0.29) is 27.9 Å². The normalized spacial score (nSPS) is 14.1. The number of hydrogen-bond acceptors (Lipinski definition) is 1. The van der Waals surface area contributed by atoms with Crippen LogP contribution in [0.3, 0.4) is 0 Å². The molecule has 0 aromatic carbocycles. The van der Waals surface area contributed by atoms with Crippen LogP contribution in [0.4, 0.5) is 4.79 Å². The summed E-state index contributed by atoms with van der Waals surface area (Å²) < 4.78 is 0. The quantitative estimate of drug-likeness (QED) is 0.771. The summed E-state index contributed by atoms with van der Waals surface area (Å²) in [5.41, 5.74) is -0.0320. The van der Waals surface area contributed by atoms with Crippen LogP contribution in [0.15, 0.2) is 0 Å². The number of carbonyl (C=O) groups is 1. The molecule has 0 aliphatic rings. The first-order valence-electron chi connectivity index (χ1n) is 7.62. The molecular formula is C17H36N2O. The van der Waals surface area contributed by atoms with E-state index in [2.05, 4.69) is 79.9 Å². The maximum Gasteiger partial charge on any atom is 0.315 e. The molecule has 0 atom stereocenters. The lowest BCUT2D eigenvalue weighted by atomic mass is 9.81. The number of urea groups is 1. The molecule has 0 fully saturated rings. The SMILES string of the molecule is CC(C)(C)CC(C)(C)NC(=O)NC(C)(C)CC(C)(C)C. The van der Waals surface area contributed by atoms with E-state index in [1.165, 1.54) is 0 Å². The van der Waals surface area contributed by atoms with Gasteiger partial charge >= 0.3 is 6.03 Å². The largest absolute Gasteiger partial charge is 0.333 e. The maximum atomic E-state index is 12.2. The molecule has 0 saturated carbocycles. The van der Waals surface area contributed by atoms with Crippen molar-refractivity contribution in [1.29, 1.82) is 0 Å². The molecular weight excluding hydrogens is 248 g/mol. The molecule has 120 valence electrons. The smallest absolute Gasteiger partial charge is 0.315 e. The molecule has 0 spiro atoms. The van der Waals surface area contributed by atoms with Crippen molar-refractivity contribution in [3.63, 3.8) is 0 Å². The topological polar surface area (TPSA) is 41.1 Å². The number of hydrogen-bond donors (Lipinski definition) is 2. The Hall–Kier alpha value is -0.730. The number of carbonyl (C=O) groups excluding carboxylic acids is 1. The van der Waals surface area contributed by atoms with Gasteiger partial charge in [0.15, 0.2) is 0 Å². The molecule has 0 rings (SSSR count). The highest BCUT2D eigenvalue weighted by atomic mass is 16.2. The van der Waals surface area contributed by atoms with E-state index < -0.39 is 0 Å². The minimum atomic E-state index is -0.208. The molecule has 0 radical (unpaired) electrons. The van der Waals surface area contributed by atoms with Crippen LogP contribution in [-0.4, -0.2) is 17.1 Å². The molecule has 0 aliphatic carbocycles. The van der Waals surface area contributed by atoms with Gasteiger partial charge in [-0.25, -0.2) is 4.79 Å². The summed E-state index contributed by atoms with van der Waals surface area (Å²) >= 11 is 0. The second-order valence-electron chi connectivity index (χ2n) is 9.82. The molecule has 2 N–H and O–H groups in total. The third-order valence-corrected chi connectivity index (χ3v) is 2.85. The van der Waals surface area contributed by atoms with Crippen molar-refractivity contribution in [1.82, 2.24) is 10.6 Å².